The van der Waals surface area contributed by atoms with Gasteiger partial charge in [-0.25, -0.2) is 0 Å². The van der Waals surface area contributed by atoms with Crippen LogP contribution in [0.25, 0.3) is 0 Å². The molecule has 4 heteroatoms. The Bertz CT molecular complexity index is 405. The van der Waals surface area contributed by atoms with E-state index in [-0.39, 0.29) is 5.15 Å². The second kappa shape index (κ2) is 2.90. The van der Waals surface area contributed by atoms with Crippen molar-refractivity contribution in [1.82, 2.24) is 0 Å². The van der Waals surface area contributed by atoms with Gasteiger partial charge in [-0.3, -0.25) is 5.21 Å². The topological polar surface area (TPSA) is 47.9 Å². The summed E-state index contributed by atoms with van der Waals surface area (Å²) in [7, 11) is 0. The van der Waals surface area contributed by atoms with E-state index in [1.54, 1.807) is 6.07 Å². The highest BCUT2D eigenvalue weighted by molar-refractivity contribution is 6.29. The Hall–Kier alpha value is -1.27. The zero-order valence-electron chi connectivity index (χ0n) is 6.92. The summed E-state index contributed by atoms with van der Waals surface area (Å²) in [5, 5.41) is 18.4. The number of aryl methyl sites for hydroxylation is 1. The maximum absolute atomic E-state index is 9.56. The largest absolute Gasteiger partial charge is 0.343 e. The maximum Gasteiger partial charge on any atom is 0.343 e. The van der Waals surface area contributed by atoms with E-state index in [1.807, 2.05) is 6.07 Å². The first-order chi connectivity index (χ1) is 6.24. The molecule has 1 aromatic rings. The molecule has 1 heterocycles. The molecule has 0 bridgehead atoms. The molecule has 1 aliphatic rings. The molecule has 0 amide bonds. The summed E-state index contributed by atoms with van der Waals surface area (Å²) in [4.78, 5) is 0. The summed E-state index contributed by atoms with van der Waals surface area (Å²) in [6, 6.07) is 3.71. The van der Waals surface area contributed by atoms with Crippen LogP contribution in [0.2, 0.25) is 5.15 Å². The van der Waals surface area contributed by atoms with Gasteiger partial charge in [-0.2, -0.15) is 5.26 Å². The van der Waals surface area contributed by atoms with Gasteiger partial charge in [0.25, 0.3) is 0 Å². The van der Waals surface area contributed by atoms with Crippen LogP contribution in [0.1, 0.15) is 23.2 Å². The summed E-state index contributed by atoms with van der Waals surface area (Å²) in [6.45, 7) is 0. The van der Waals surface area contributed by atoms with E-state index in [4.69, 9.17) is 16.9 Å². The summed E-state index contributed by atoms with van der Waals surface area (Å²) in [6.07, 6.45) is 2.76. The van der Waals surface area contributed by atoms with Crippen LogP contribution < -0.4 is 4.73 Å². The van der Waals surface area contributed by atoms with Crippen LogP contribution in [0.4, 0.5) is 0 Å². The van der Waals surface area contributed by atoms with Gasteiger partial charge in [0.1, 0.15) is 11.6 Å². The summed E-state index contributed by atoms with van der Waals surface area (Å²) < 4.78 is 0.933. The fourth-order valence-corrected chi connectivity index (χ4v) is 1.89. The Morgan fingerprint density at radius 2 is 2.31 bits per heavy atom. The van der Waals surface area contributed by atoms with Gasteiger partial charge in [-0.05, 0) is 30.5 Å². The molecule has 13 heavy (non-hydrogen) atoms. The highest BCUT2D eigenvalue weighted by Crippen LogP contribution is 2.22. The van der Waals surface area contributed by atoms with Gasteiger partial charge in [0, 0.05) is 16.7 Å². The SMILES string of the molecule is N#Cc1cc2c([n+](O)c1Cl)CCC2. The van der Waals surface area contributed by atoms with Crippen LogP contribution in [0.3, 0.4) is 0 Å². The first kappa shape index (κ1) is 8.33. The first-order valence-corrected chi connectivity index (χ1v) is 4.47. The number of halogens is 1. The van der Waals surface area contributed by atoms with Gasteiger partial charge >= 0.3 is 5.15 Å². The fraction of sp³-hybridized carbons (Fsp3) is 0.333. The van der Waals surface area contributed by atoms with Crippen molar-refractivity contribution in [1.29, 1.82) is 5.26 Å². The lowest BCUT2D eigenvalue weighted by atomic mass is 10.2. The molecule has 0 fully saturated rings. The molecular weight excluding hydrogens is 188 g/mol. The molecule has 2 rings (SSSR count). The Kier molecular flexibility index (Phi) is 1.86. The number of aromatic nitrogens is 1. The number of fused-ring (bicyclic) bond motifs is 1. The normalized spacial score (nSPS) is 13.8. The monoisotopic (exact) mass is 195 g/mol. The molecule has 0 atom stereocenters. The first-order valence-electron chi connectivity index (χ1n) is 4.09. The lowest BCUT2D eigenvalue weighted by molar-refractivity contribution is -0.907. The number of hydrogen-bond acceptors (Lipinski definition) is 2. The van der Waals surface area contributed by atoms with Crippen molar-refractivity contribution in [3.8, 4) is 6.07 Å². The second-order valence-electron chi connectivity index (χ2n) is 3.10. The molecule has 0 radical (unpaired) electrons. The zero-order chi connectivity index (χ0) is 9.42. The Labute approximate surface area is 80.8 Å². The molecule has 66 valence electrons. The van der Waals surface area contributed by atoms with Crippen molar-refractivity contribution < 1.29 is 9.94 Å². The molecule has 0 aliphatic heterocycles. The van der Waals surface area contributed by atoms with Crippen molar-refractivity contribution in [2.24, 2.45) is 0 Å². The van der Waals surface area contributed by atoms with Crippen LogP contribution in [0.15, 0.2) is 6.07 Å². The van der Waals surface area contributed by atoms with Crippen molar-refractivity contribution >= 4 is 11.6 Å². The van der Waals surface area contributed by atoms with Gasteiger partial charge in [0.15, 0.2) is 0 Å². The van der Waals surface area contributed by atoms with Gasteiger partial charge < -0.3 is 0 Å². The molecule has 1 aromatic heterocycles. The predicted octanol–water partition coefficient (Wildman–Crippen LogP) is 1.23. The lowest BCUT2D eigenvalue weighted by Gasteiger charge is -1.96. The average Bonchev–Trinajstić information content (AvgIpc) is 2.59. The Morgan fingerprint density at radius 1 is 1.54 bits per heavy atom. The molecule has 1 aliphatic carbocycles. The van der Waals surface area contributed by atoms with Crippen LogP contribution >= 0.6 is 11.6 Å². The third-order valence-corrected chi connectivity index (χ3v) is 2.70. The number of rotatable bonds is 0. The van der Waals surface area contributed by atoms with E-state index in [1.165, 1.54) is 0 Å². The van der Waals surface area contributed by atoms with E-state index >= 15 is 0 Å². The molecular formula is C9H8ClN2O+. The van der Waals surface area contributed by atoms with Gasteiger partial charge in [-0.1, -0.05) is 0 Å². The summed E-state index contributed by atoms with van der Waals surface area (Å²) in [5.41, 5.74) is 2.21. The fourth-order valence-electron chi connectivity index (χ4n) is 1.69. The van der Waals surface area contributed by atoms with Gasteiger partial charge in [-0.15, -0.1) is 0 Å². The molecule has 1 N–H and O–H groups in total. The molecule has 0 spiro atoms. The summed E-state index contributed by atoms with van der Waals surface area (Å²) in [5.74, 6) is 0. The van der Waals surface area contributed by atoms with Crippen LogP contribution in [0.5, 0.6) is 0 Å². The van der Waals surface area contributed by atoms with Gasteiger partial charge in [0.2, 0.25) is 5.69 Å². The minimum absolute atomic E-state index is 0.114. The molecule has 0 aromatic carbocycles. The summed E-state index contributed by atoms with van der Waals surface area (Å²) >= 11 is 5.77. The van der Waals surface area contributed by atoms with Gasteiger partial charge in [0.05, 0.1) is 0 Å². The highest BCUT2D eigenvalue weighted by atomic mass is 35.5. The van der Waals surface area contributed by atoms with E-state index < -0.39 is 0 Å². The third-order valence-electron chi connectivity index (χ3n) is 2.33. The number of nitrogens with zero attached hydrogens (tertiary/aromatic N) is 2. The Balaban J connectivity index is 2.70. The maximum atomic E-state index is 9.56. The number of pyridine rings is 1. The van der Waals surface area contributed by atoms with Crippen molar-refractivity contribution in [3.63, 3.8) is 0 Å². The van der Waals surface area contributed by atoms with Crippen molar-refractivity contribution in [2.45, 2.75) is 19.3 Å². The minimum atomic E-state index is 0.114. The minimum Gasteiger partial charge on any atom is -0.283 e. The molecule has 0 saturated carbocycles. The quantitative estimate of drug-likeness (QED) is 0.385. The van der Waals surface area contributed by atoms with E-state index in [0.717, 1.165) is 35.3 Å². The Morgan fingerprint density at radius 3 is 3.00 bits per heavy atom. The van der Waals surface area contributed by atoms with E-state index in [9.17, 15) is 5.21 Å². The van der Waals surface area contributed by atoms with Crippen LogP contribution in [-0.2, 0) is 12.8 Å². The zero-order valence-corrected chi connectivity index (χ0v) is 7.67. The molecule has 3 nitrogen and oxygen atoms in total. The number of nitriles is 1. The average molecular weight is 196 g/mol. The van der Waals surface area contributed by atoms with Crippen molar-refractivity contribution in [3.05, 3.63) is 28.0 Å². The standard InChI is InChI=1S/C9H8ClN2O/c10-9-7(5-11)4-6-2-1-3-8(6)12(9)13/h4,13H,1-3H2/q+1. The lowest BCUT2D eigenvalue weighted by Crippen LogP contribution is -2.37. The molecule has 0 saturated heterocycles. The van der Waals surface area contributed by atoms with Crippen LogP contribution in [0, 0.1) is 11.3 Å². The highest BCUT2D eigenvalue weighted by Gasteiger charge is 2.28. The third kappa shape index (κ3) is 1.14. The van der Waals surface area contributed by atoms with Crippen molar-refractivity contribution in [2.75, 3.05) is 0 Å². The van der Waals surface area contributed by atoms with E-state index in [0.29, 0.717) is 5.56 Å². The molecule has 0 unspecified atom stereocenters. The smallest absolute Gasteiger partial charge is 0.283 e. The predicted molar refractivity (Wildman–Crippen MR) is 45.6 cm³/mol. The van der Waals surface area contributed by atoms with E-state index in [2.05, 4.69) is 0 Å². The number of hydrogen-bond donors (Lipinski definition) is 1. The second-order valence-corrected chi connectivity index (χ2v) is 3.46. The van der Waals surface area contributed by atoms with Crippen LogP contribution in [-0.4, -0.2) is 5.21 Å².